The highest BCUT2D eigenvalue weighted by Gasteiger charge is 2.29. The first-order valence-corrected chi connectivity index (χ1v) is 15.8. The number of unbranched alkanes of at least 4 members (excludes halogenated alkanes) is 4. The minimum Gasteiger partial charge on any atom is -0.0654 e. The molecule has 0 nitrogen and oxygen atoms in total. The Morgan fingerprint density at radius 3 is 1.84 bits per heavy atom. The maximum Gasteiger partial charge on any atom is -0.0110 e. The Balaban J connectivity index is 0.000000288. The van der Waals surface area contributed by atoms with Gasteiger partial charge in [-0.05, 0) is 76.9 Å². The van der Waals surface area contributed by atoms with Crippen LogP contribution in [-0.2, 0) is 6.42 Å². The Bertz CT molecular complexity index is 853. The van der Waals surface area contributed by atoms with Gasteiger partial charge in [-0.1, -0.05) is 163 Å². The van der Waals surface area contributed by atoms with E-state index in [1.165, 1.54) is 69.8 Å². The van der Waals surface area contributed by atoms with Crippen molar-refractivity contribution >= 4 is 0 Å². The molecule has 0 bridgehead atoms. The van der Waals surface area contributed by atoms with Crippen LogP contribution >= 0.6 is 0 Å². The van der Waals surface area contributed by atoms with Crippen LogP contribution in [0.2, 0.25) is 0 Å². The summed E-state index contributed by atoms with van der Waals surface area (Å²) in [5.41, 5.74) is 6.03. The van der Waals surface area contributed by atoms with Gasteiger partial charge in [-0.15, -0.1) is 0 Å². The minimum atomic E-state index is 0.413. The molecule has 0 saturated heterocycles. The molecule has 2 aromatic carbocycles. The fourth-order valence-electron chi connectivity index (χ4n) is 5.73. The van der Waals surface area contributed by atoms with Crippen molar-refractivity contribution in [3.8, 4) is 0 Å². The Kier molecular flexibility index (Phi) is 15.0. The van der Waals surface area contributed by atoms with Gasteiger partial charge in [0.25, 0.3) is 0 Å². The molecule has 0 N–H and O–H groups in total. The first kappa shape index (κ1) is 34.5. The molecule has 2 unspecified atom stereocenters. The van der Waals surface area contributed by atoms with Crippen LogP contribution < -0.4 is 0 Å². The molecule has 38 heavy (non-hydrogen) atoms. The average molecular weight is 521 g/mol. The molecule has 0 heterocycles. The van der Waals surface area contributed by atoms with E-state index in [2.05, 4.69) is 131 Å². The second-order valence-corrected chi connectivity index (χ2v) is 15.3. The number of benzene rings is 2. The quantitative estimate of drug-likeness (QED) is 0.318. The highest BCUT2D eigenvalue weighted by Crippen LogP contribution is 2.43. The molecule has 0 spiro atoms. The average Bonchev–Trinajstić information content (AvgIpc) is 2.83. The van der Waals surface area contributed by atoms with Gasteiger partial charge in [0.1, 0.15) is 0 Å². The summed E-state index contributed by atoms with van der Waals surface area (Å²) >= 11 is 0. The topological polar surface area (TPSA) is 0 Å². The van der Waals surface area contributed by atoms with E-state index in [4.69, 9.17) is 0 Å². The fraction of sp³-hybridized carbons (Fsp3) is 0.684. The van der Waals surface area contributed by atoms with Gasteiger partial charge in [0.05, 0.1) is 0 Å². The first-order valence-electron chi connectivity index (χ1n) is 15.8. The van der Waals surface area contributed by atoms with Crippen LogP contribution in [0.1, 0.15) is 162 Å². The zero-order valence-corrected chi connectivity index (χ0v) is 27.4. The SMILES string of the molecule is CC(C)(C)C1CCCc2ccccc21.CC(CC(C)(C)C)c1ccccc1.CCCCCCCC(C)(C)C. The zero-order chi connectivity index (χ0) is 28.8. The Hall–Kier alpha value is -1.56. The van der Waals surface area contributed by atoms with Gasteiger partial charge >= 0.3 is 0 Å². The van der Waals surface area contributed by atoms with E-state index < -0.39 is 0 Å². The van der Waals surface area contributed by atoms with E-state index in [9.17, 15) is 0 Å². The Labute approximate surface area is 239 Å². The number of aryl methyl sites for hydroxylation is 1. The number of hydrogen-bond donors (Lipinski definition) is 0. The smallest absolute Gasteiger partial charge is 0.0110 e. The molecule has 0 aliphatic heterocycles. The van der Waals surface area contributed by atoms with Crippen LogP contribution in [0.3, 0.4) is 0 Å². The third kappa shape index (κ3) is 15.1. The summed E-state index contributed by atoms with van der Waals surface area (Å²) in [5.74, 6) is 1.42. The van der Waals surface area contributed by atoms with Crippen LogP contribution in [-0.4, -0.2) is 0 Å². The van der Waals surface area contributed by atoms with Crippen LogP contribution in [0.15, 0.2) is 54.6 Å². The van der Waals surface area contributed by atoms with Crippen molar-refractivity contribution < 1.29 is 0 Å². The summed E-state index contributed by atoms with van der Waals surface area (Å²) < 4.78 is 0. The lowest BCUT2D eigenvalue weighted by molar-refractivity contribution is 0.289. The maximum absolute atomic E-state index is 2.36. The summed E-state index contributed by atoms with van der Waals surface area (Å²) in [6.45, 7) is 25.5. The third-order valence-corrected chi connectivity index (χ3v) is 7.73. The molecule has 0 heteroatoms. The van der Waals surface area contributed by atoms with Gasteiger partial charge in [-0.3, -0.25) is 0 Å². The molecule has 0 aromatic heterocycles. The summed E-state index contributed by atoms with van der Waals surface area (Å²) in [6.07, 6.45) is 13.7. The second-order valence-electron chi connectivity index (χ2n) is 15.3. The van der Waals surface area contributed by atoms with E-state index >= 15 is 0 Å². The lowest BCUT2D eigenvalue weighted by Gasteiger charge is -2.35. The minimum absolute atomic E-state index is 0.413. The highest BCUT2D eigenvalue weighted by molar-refractivity contribution is 5.33. The molecule has 2 atom stereocenters. The maximum atomic E-state index is 2.36. The first-order chi connectivity index (χ1) is 17.6. The fourth-order valence-corrected chi connectivity index (χ4v) is 5.73. The molecular formula is C38H64. The molecule has 0 fully saturated rings. The van der Waals surface area contributed by atoms with Gasteiger partial charge in [-0.2, -0.15) is 0 Å². The van der Waals surface area contributed by atoms with E-state index in [0.717, 1.165) is 5.92 Å². The highest BCUT2D eigenvalue weighted by atomic mass is 14.3. The largest absolute Gasteiger partial charge is 0.0654 e. The van der Waals surface area contributed by atoms with E-state index in [-0.39, 0.29) is 0 Å². The van der Waals surface area contributed by atoms with Crippen molar-refractivity contribution in [2.75, 3.05) is 0 Å². The molecule has 2 aromatic rings. The van der Waals surface area contributed by atoms with Gasteiger partial charge < -0.3 is 0 Å². The molecule has 1 aliphatic carbocycles. The van der Waals surface area contributed by atoms with Crippen LogP contribution in [0.25, 0.3) is 0 Å². The van der Waals surface area contributed by atoms with E-state index in [1.807, 2.05) is 0 Å². The van der Waals surface area contributed by atoms with Gasteiger partial charge in [-0.25, -0.2) is 0 Å². The van der Waals surface area contributed by atoms with Gasteiger partial charge in [0, 0.05) is 0 Å². The van der Waals surface area contributed by atoms with Gasteiger partial charge in [0.2, 0.25) is 0 Å². The molecule has 0 radical (unpaired) electrons. The van der Waals surface area contributed by atoms with Crippen molar-refractivity contribution in [1.29, 1.82) is 0 Å². The molecule has 0 amide bonds. The molecule has 1 aliphatic rings. The predicted octanol–water partition coefficient (Wildman–Crippen LogP) is 12.8. The predicted molar refractivity (Wildman–Crippen MR) is 173 cm³/mol. The summed E-state index contributed by atoms with van der Waals surface area (Å²) in [6, 6.07) is 19.7. The third-order valence-electron chi connectivity index (χ3n) is 7.73. The van der Waals surface area contributed by atoms with E-state index in [0.29, 0.717) is 22.2 Å². The van der Waals surface area contributed by atoms with Crippen molar-refractivity contribution in [1.82, 2.24) is 0 Å². The Morgan fingerprint density at radius 1 is 0.711 bits per heavy atom. The molecule has 3 rings (SSSR count). The van der Waals surface area contributed by atoms with Crippen LogP contribution in [0.5, 0.6) is 0 Å². The van der Waals surface area contributed by atoms with Crippen molar-refractivity contribution in [3.05, 3.63) is 71.3 Å². The summed E-state index contributed by atoms with van der Waals surface area (Å²) in [5, 5.41) is 0. The van der Waals surface area contributed by atoms with Crippen molar-refractivity contribution in [3.63, 3.8) is 0 Å². The van der Waals surface area contributed by atoms with Crippen molar-refractivity contribution in [2.24, 2.45) is 16.2 Å². The van der Waals surface area contributed by atoms with Crippen molar-refractivity contribution in [2.45, 2.75) is 152 Å². The standard InChI is InChI=1S/C14H20.C13H20.C11H24/c1-14(2,3)13-10-6-8-11-7-4-5-9-12(11)13;1-11(10-13(2,3)4)12-8-6-5-7-9-12;1-5-6-7-8-9-10-11(2,3)4/h4-5,7,9,13H,6,8,10H2,1-3H3;5-9,11H,10H2,1-4H3;5-10H2,1-4H3. The lowest BCUT2D eigenvalue weighted by atomic mass is 9.69. The summed E-state index contributed by atoms with van der Waals surface area (Å²) in [4.78, 5) is 0. The molecular weight excluding hydrogens is 456 g/mol. The lowest BCUT2D eigenvalue weighted by Crippen LogP contribution is -2.22. The van der Waals surface area contributed by atoms with Crippen LogP contribution in [0, 0.1) is 16.2 Å². The second kappa shape index (κ2) is 16.5. The van der Waals surface area contributed by atoms with E-state index in [1.54, 1.807) is 11.1 Å². The number of hydrogen-bond acceptors (Lipinski definition) is 0. The Morgan fingerprint density at radius 2 is 1.29 bits per heavy atom. The molecule has 216 valence electrons. The number of rotatable bonds is 7. The monoisotopic (exact) mass is 521 g/mol. The van der Waals surface area contributed by atoms with Gasteiger partial charge in [0.15, 0.2) is 0 Å². The summed E-state index contributed by atoms with van der Waals surface area (Å²) in [7, 11) is 0. The molecule has 0 saturated carbocycles. The zero-order valence-electron chi connectivity index (χ0n) is 27.4. The van der Waals surface area contributed by atoms with Crippen LogP contribution in [0.4, 0.5) is 0 Å². The number of fused-ring (bicyclic) bond motifs is 1. The normalized spacial score (nSPS) is 16.3.